The molecule has 0 aliphatic carbocycles. The number of carbonyl (C=O) groups excluding carboxylic acids is 1. The summed E-state index contributed by atoms with van der Waals surface area (Å²) in [4.78, 5) is 28.6. The summed E-state index contributed by atoms with van der Waals surface area (Å²) in [6.45, 7) is 5.95. The molecular weight excluding hydrogens is 514 g/mol. The molecule has 1 unspecified atom stereocenters. The van der Waals surface area contributed by atoms with Crippen molar-refractivity contribution in [1.82, 2.24) is 14.9 Å². The molecule has 0 spiro atoms. The Balaban J connectivity index is 1.27. The van der Waals surface area contributed by atoms with Crippen LogP contribution in [0.4, 0.5) is 23.0 Å². The number of hydrogen-bond donors (Lipinski definition) is 2. The molecule has 5 rings (SSSR count). The van der Waals surface area contributed by atoms with Gasteiger partial charge in [0.15, 0.2) is 11.6 Å². The Kier molecular flexibility index (Phi) is 8.35. The van der Waals surface area contributed by atoms with Gasteiger partial charge in [-0.05, 0) is 68.1 Å². The van der Waals surface area contributed by atoms with Crippen molar-refractivity contribution >= 4 is 28.9 Å². The van der Waals surface area contributed by atoms with Gasteiger partial charge in [-0.3, -0.25) is 4.79 Å². The van der Waals surface area contributed by atoms with Crippen molar-refractivity contribution in [3.8, 4) is 16.9 Å². The number of amides is 1. The molecule has 0 saturated carbocycles. The first-order valence-corrected chi connectivity index (χ1v) is 13.8. The van der Waals surface area contributed by atoms with E-state index in [9.17, 15) is 4.79 Å². The van der Waals surface area contributed by atoms with E-state index in [1.807, 2.05) is 80.6 Å². The summed E-state index contributed by atoms with van der Waals surface area (Å²) >= 11 is 0. The molecule has 1 atom stereocenters. The molecular formula is C32H37N7O2. The highest BCUT2D eigenvalue weighted by molar-refractivity contribution is 6.04. The number of nitrogen functional groups attached to an aromatic ring is 1. The highest BCUT2D eigenvalue weighted by Crippen LogP contribution is 2.31. The molecule has 41 heavy (non-hydrogen) atoms. The number of rotatable bonds is 8. The zero-order chi connectivity index (χ0) is 28.9. The molecule has 0 bridgehead atoms. The van der Waals surface area contributed by atoms with Crippen LogP contribution in [-0.2, 0) is 0 Å². The lowest BCUT2D eigenvalue weighted by Gasteiger charge is -2.33. The Morgan fingerprint density at radius 3 is 2.44 bits per heavy atom. The Bertz CT molecular complexity index is 1500. The molecule has 3 N–H and O–H groups in total. The van der Waals surface area contributed by atoms with E-state index in [2.05, 4.69) is 39.3 Å². The number of piperazine rings is 1. The largest absolute Gasteiger partial charge is 0.482 e. The number of pyridine rings is 2. The number of nitrogens with one attached hydrogen (secondary N) is 1. The minimum atomic E-state index is -0.332. The molecule has 2 aromatic heterocycles. The van der Waals surface area contributed by atoms with E-state index in [0.29, 0.717) is 22.8 Å². The number of benzene rings is 2. The van der Waals surface area contributed by atoms with E-state index >= 15 is 0 Å². The van der Waals surface area contributed by atoms with Crippen LogP contribution in [0.15, 0.2) is 79.1 Å². The number of likely N-dealkylation sites (N-methyl/N-ethyl adjacent to an activating group) is 1. The summed E-state index contributed by atoms with van der Waals surface area (Å²) in [6, 6.07) is 21.1. The van der Waals surface area contributed by atoms with Gasteiger partial charge in [0.2, 0.25) is 0 Å². The molecule has 1 saturated heterocycles. The third-order valence-electron chi connectivity index (χ3n) is 7.33. The van der Waals surface area contributed by atoms with E-state index in [1.165, 1.54) is 0 Å². The summed E-state index contributed by atoms with van der Waals surface area (Å²) in [6.07, 6.45) is 3.27. The van der Waals surface area contributed by atoms with Crippen molar-refractivity contribution in [3.63, 3.8) is 0 Å². The van der Waals surface area contributed by atoms with Crippen molar-refractivity contribution in [2.75, 3.05) is 68.2 Å². The zero-order valence-electron chi connectivity index (χ0n) is 24.0. The van der Waals surface area contributed by atoms with Gasteiger partial charge in [0.1, 0.15) is 11.9 Å². The number of aromatic nitrogens is 2. The lowest BCUT2D eigenvalue weighted by molar-refractivity contribution is 0.102. The normalized spacial score (nSPS) is 14.4. The first-order chi connectivity index (χ1) is 19.8. The van der Waals surface area contributed by atoms with E-state index in [-0.39, 0.29) is 12.0 Å². The Labute approximate surface area is 241 Å². The van der Waals surface area contributed by atoms with Crippen molar-refractivity contribution in [2.24, 2.45) is 0 Å². The molecule has 2 aromatic carbocycles. The van der Waals surface area contributed by atoms with Crippen LogP contribution in [0.5, 0.6) is 5.75 Å². The number of ether oxygens (including phenoxy) is 1. The average Bonchev–Trinajstić information content (AvgIpc) is 2.99. The maximum atomic E-state index is 12.9. The lowest BCUT2D eigenvalue weighted by atomic mass is 10.1. The fourth-order valence-corrected chi connectivity index (χ4v) is 4.74. The van der Waals surface area contributed by atoms with Crippen LogP contribution in [0, 0.1) is 0 Å². The maximum Gasteiger partial charge on any atom is 0.255 e. The van der Waals surface area contributed by atoms with Gasteiger partial charge in [0.05, 0.1) is 0 Å². The fourth-order valence-electron chi connectivity index (χ4n) is 4.74. The predicted octanol–water partition coefficient (Wildman–Crippen LogP) is 4.94. The summed E-state index contributed by atoms with van der Waals surface area (Å²) in [5.74, 6) is 1.61. The second-order valence-corrected chi connectivity index (χ2v) is 10.6. The van der Waals surface area contributed by atoms with Crippen molar-refractivity contribution in [2.45, 2.75) is 13.0 Å². The molecule has 9 heteroatoms. The highest BCUT2D eigenvalue weighted by Gasteiger charge is 2.17. The monoisotopic (exact) mass is 551 g/mol. The summed E-state index contributed by atoms with van der Waals surface area (Å²) in [5, 5.41) is 2.99. The first-order valence-electron chi connectivity index (χ1n) is 13.8. The van der Waals surface area contributed by atoms with Crippen LogP contribution in [0.3, 0.4) is 0 Å². The van der Waals surface area contributed by atoms with Gasteiger partial charge < -0.3 is 30.5 Å². The molecule has 1 aliphatic rings. The molecule has 1 fully saturated rings. The van der Waals surface area contributed by atoms with E-state index < -0.39 is 0 Å². The SMILES string of the molecule is CC(Oc1cc(-c2ccc(N3CCN(C)CC3)nc2)cnc1N)c1cccc(NC(=O)c2cccc(N(C)C)c2)c1. The number of nitrogens with two attached hydrogens (primary N) is 1. The Morgan fingerprint density at radius 1 is 0.951 bits per heavy atom. The molecule has 1 amide bonds. The van der Waals surface area contributed by atoms with E-state index in [0.717, 1.165) is 54.4 Å². The number of anilines is 4. The van der Waals surface area contributed by atoms with E-state index in [1.54, 1.807) is 12.3 Å². The van der Waals surface area contributed by atoms with Crippen LogP contribution < -0.4 is 25.6 Å². The highest BCUT2D eigenvalue weighted by atomic mass is 16.5. The van der Waals surface area contributed by atoms with Crippen molar-refractivity contribution in [3.05, 3.63) is 90.3 Å². The topological polar surface area (TPSA) is 99.9 Å². The van der Waals surface area contributed by atoms with Crippen LogP contribution in [0.25, 0.3) is 11.1 Å². The van der Waals surface area contributed by atoms with Gasteiger partial charge >= 0.3 is 0 Å². The van der Waals surface area contributed by atoms with Crippen LogP contribution in [0.1, 0.15) is 28.9 Å². The van der Waals surface area contributed by atoms with Crippen LogP contribution in [-0.4, -0.2) is 68.1 Å². The molecule has 4 aromatic rings. The Morgan fingerprint density at radius 2 is 1.71 bits per heavy atom. The van der Waals surface area contributed by atoms with Crippen molar-refractivity contribution < 1.29 is 9.53 Å². The fraction of sp³-hybridized carbons (Fsp3) is 0.281. The van der Waals surface area contributed by atoms with Gasteiger partial charge in [-0.2, -0.15) is 0 Å². The molecule has 9 nitrogen and oxygen atoms in total. The zero-order valence-corrected chi connectivity index (χ0v) is 24.0. The molecule has 0 radical (unpaired) electrons. The maximum absolute atomic E-state index is 12.9. The minimum absolute atomic E-state index is 0.173. The number of carbonyl (C=O) groups is 1. The quantitative estimate of drug-likeness (QED) is 0.318. The first kappa shape index (κ1) is 27.9. The van der Waals surface area contributed by atoms with Crippen LogP contribution in [0.2, 0.25) is 0 Å². The third-order valence-corrected chi connectivity index (χ3v) is 7.33. The summed E-state index contributed by atoms with van der Waals surface area (Å²) in [7, 11) is 6.04. The van der Waals surface area contributed by atoms with Gasteiger partial charge in [-0.25, -0.2) is 9.97 Å². The van der Waals surface area contributed by atoms with Gasteiger partial charge in [0.25, 0.3) is 5.91 Å². The van der Waals surface area contributed by atoms with Gasteiger partial charge in [-0.15, -0.1) is 0 Å². The molecule has 212 valence electrons. The number of hydrogen-bond acceptors (Lipinski definition) is 8. The molecule has 1 aliphatic heterocycles. The average molecular weight is 552 g/mol. The van der Waals surface area contributed by atoms with Crippen LogP contribution >= 0.6 is 0 Å². The smallest absolute Gasteiger partial charge is 0.255 e. The minimum Gasteiger partial charge on any atom is -0.482 e. The third kappa shape index (κ3) is 6.75. The lowest BCUT2D eigenvalue weighted by Crippen LogP contribution is -2.44. The summed E-state index contributed by atoms with van der Waals surface area (Å²) in [5.41, 5.74) is 11.1. The Hall–Kier alpha value is -4.63. The van der Waals surface area contributed by atoms with Crippen molar-refractivity contribution in [1.29, 1.82) is 0 Å². The summed E-state index contributed by atoms with van der Waals surface area (Å²) < 4.78 is 6.27. The predicted molar refractivity (Wildman–Crippen MR) is 166 cm³/mol. The second kappa shape index (κ2) is 12.3. The molecule has 3 heterocycles. The van der Waals surface area contributed by atoms with E-state index in [4.69, 9.17) is 15.5 Å². The van der Waals surface area contributed by atoms with Gasteiger partial charge in [0, 0.05) is 80.7 Å². The second-order valence-electron chi connectivity index (χ2n) is 10.6. The van der Waals surface area contributed by atoms with Gasteiger partial charge in [-0.1, -0.05) is 18.2 Å². The number of nitrogens with zero attached hydrogens (tertiary/aromatic N) is 5. The standard InChI is InChI=1S/C32H37N7O2/c1-22(23-7-5-9-27(17-23)36-32(40)24-8-6-10-28(18-24)37(2)3)41-29-19-26(21-35-31(29)33)25-11-12-30(34-20-25)39-15-13-38(4)14-16-39/h5-12,17-22H,13-16H2,1-4H3,(H2,33,35)(H,36,40).